The molecule has 0 aliphatic heterocycles. The first kappa shape index (κ1) is 12.7. The molecule has 0 amide bonds. The Hall–Kier alpha value is -1.71. The smallest absolute Gasteiger partial charge is 0.311 e. The second-order valence-corrected chi connectivity index (χ2v) is 5.08. The molecule has 2 rings (SSSR count). The van der Waals surface area contributed by atoms with Gasteiger partial charge in [0.25, 0.3) is 0 Å². The van der Waals surface area contributed by atoms with E-state index < -0.39 is 11.4 Å². The van der Waals surface area contributed by atoms with Crippen molar-refractivity contribution in [3.8, 4) is 5.75 Å². The minimum absolute atomic E-state index is 0.494. The van der Waals surface area contributed by atoms with Crippen LogP contribution < -0.4 is 10.1 Å². The van der Waals surface area contributed by atoms with E-state index in [0.717, 1.165) is 35.4 Å². The van der Waals surface area contributed by atoms with Crippen molar-refractivity contribution in [1.82, 2.24) is 0 Å². The molecule has 2 N–H and O–H groups in total. The number of hydrogen-bond acceptors (Lipinski definition) is 3. The Balaban J connectivity index is 2.09. The molecule has 1 aromatic carbocycles. The zero-order valence-corrected chi connectivity index (χ0v) is 11.0. The summed E-state index contributed by atoms with van der Waals surface area (Å²) in [6.45, 7) is 4.47. The topological polar surface area (TPSA) is 58.6 Å². The largest absolute Gasteiger partial charge is 0.496 e. The van der Waals surface area contributed by atoms with E-state index in [4.69, 9.17) is 9.84 Å². The van der Waals surface area contributed by atoms with E-state index in [1.54, 1.807) is 7.11 Å². The molecule has 1 aromatic rings. The fourth-order valence-corrected chi connectivity index (χ4v) is 2.26. The molecular weight excluding hydrogens is 230 g/mol. The second-order valence-electron chi connectivity index (χ2n) is 5.08. The predicted molar refractivity (Wildman–Crippen MR) is 70.3 cm³/mol. The van der Waals surface area contributed by atoms with Gasteiger partial charge in [0.2, 0.25) is 0 Å². The lowest BCUT2D eigenvalue weighted by Gasteiger charge is -2.15. The molecule has 0 atom stereocenters. The molecule has 0 bridgehead atoms. The Morgan fingerprint density at radius 2 is 1.94 bits per heavy atom. The number of ether oxygens (including phenoxy) is 1. The summed E-state index contributed by atoms with van der Waals surface area (Å²) >= 11 is 0. The van der Waals surface area contributed by atoms with Crippen LogP contribution in [0.3, 0.4) is 0 Å². The van der Waals surface area contributed by atoms with Gasteiger partial charge in [0, 0.05) is 12.2 Å². The van der Waals surface area contributed by atoms with Crippen molar-refractivity contribution < 1.29 is 14.6 Å². The lowest BCUT2D eigenvalue weighted by Crippen LogP contribution is -2.24. The van der Waals surface area contributed by atoms with Crippen molar-refractivity contribution in [3.63, 3.8) is 0 Å². The number of methoxy groups -OCH3 is 1. The molecule has 1 fully saturated rings. The van der Waals surface area contributed by atoms with E-state index in [0.29, 0.717) is 6.54 Å². The highest BCUT2D eigenvalue weighted by Crippen LogP contribution is 2.46. The van der Waals surface area contributed by atoms with Crippen molar-refractivity contribution in [3.05, 3.63) is 23.3 Å². The number of benzene rings is 1. The maximum Gasteiger partial charge on any atom is 0.311 e. The van der Waals surface area contributed by atoms with Gasteiger partial charge in [-0.3, -0.25) is 4.79 Å². The molecule has 1 saturated carbocycles. The lowest BCUT2D eigenvalue weighted by atomic mass is 10.1. The molecule has 4 heteroatoms. The van der Waals surface area contributed by atoms with Crippen LogP contribution in [0.15, 0.2) is 12.1 Å². The molecule has 0 saturated heterocycles. The summed E-state index contributed by atoms with van der Waals surface area (Å²) in [5.74, 6) is 0.192. The SMILES string of the molecule is COc1c(C)cc(NCC2(C(=O)O)CC2)cc1C. The van der Waals surface area contributed by atoms with Crippen LogP contribution in [-0.4, -0.2) is 24.7 Å². The zero-order chi connectivity index (χ0) is 13.3. The average Bonchev–Trinajstić information content (AvgIpc) is 3.07. The van der Waals surface area contributed by atoms with E-state index in [2.05, 4.69) is 5.32 Å². The van der Waals surface area contributed by atoms with Gasteiger partial charge in [-0.05, 0) is 49.9 Å². The molecule has 18 heavy (non-hydrogen) atoms. The highest BCUT2D eigenvalue weighted by atomic mass is 16.5. The first-order valence-corrected chi connectivity index (χ1v) is 6.11. The third-order valence-electron chi connectivity index (χ3n) is 3.60. The Bertz CT molecular complexity index is 455. The average molecular weight is 249 g/mol. The molecule has 0 heterocycles. The van der Waals surface area contributed by atoms with Gasteiger partial charge in [-0.2, -0.15) is 0 Å². The summed E-state index contributed by atoms with van der Waals surface area (Å²) in [6, 6.07) is 3.98. The van der Waals surface area contributed by atoms with Crippen LogP contribution in [0.5, 0.6) is 5.75 Å². The van der Waals surface area contributed by atoms with E-state index >= 15 is 0 Å². The standard InChI is InChI=1S/C14H19NO3/c1-9-6-11(7-10(2)12(9)18-3)15-8-14(4-5-14)13(16)17/h6-7,15H,4-5,8H2,1-3H3,(H,16,17). The van der Waals surface area contributed by atoms with Gasteiger partial charge in [0.1, 0.15) is 5.75 Å². The zero-order valence-electron chi connectivity index (χ0n) is 11.0. The van der Waals surface area contributed by atoms with Crippen LogP contribution in [-0.2, 0) is 4.79 Å². The quantitative estimate of drug-likeness (QED) is 0.842. The number of hydrogen-bond donors (Lipinski definition) is 2. The maximum atomic E-state index is 11.1. The van der Waals surface area contributed by atoms with Crippen LogP contribution in [0.2, 0.25) is 0 Å². The number of aryl methyl sites for hydroxylation is 2. The van der Waals surface area contributed by atoms with Crippen LogP contribution in [0, 0.1) is 19.3 Å². The maximum absolute atomic E-state index is 11.1. The Labute approximate surface area is 107 Å². The van der Waals surface area contributed by atoms with Crippen molar-refractivity contribution in [2.75, 3.05) is 19.0 Å². The molecule has 0 unspecified atom stereocenters. The molecule has 98 valence electrons. The number of carboxylic acids is 1. The van der Waals surface area contributed by atoms with Gasteiger partial charge in [-0.15, -0.1) is 0 Å². The van der Waals surface area contributed by atoms with Crippen LogP contribution in [0.4, 0.5) is 5.69 Å². The van der Waals surface area contributed by atoms with E-state index in [1.165, 1.54) is 0 Å². The second kappa shape index (κ2) is 4.52. The summed E-state index contributed by atoms with van der Waals surface area (Å²) in [4.78, 5) is 11.1. The normalized spacial score (nSPS) is 16.2. The van der Waals surface area contributed by atoms with Gasteiger partial charge in [0.15, 0.2) is 0 Å². The van der Waals surface area contributed by atoms with Crippen LogP contribution in [0.1, 0.15) is 24.0 Å². The Kier molecular flexibility index (Phi) is 3.20. The summed E-state index contributed by atoms with van der Waals surface area (Å²) < 4.78 is 5.30. The highest BCUT2D eigenvalue weighted by molar-refractivity contribution is 5.78. The fourth-order valence-electron chi connectivity index (χ4n) is 2.26. The predicted octanol–water partition coefficient (Wildman–Crippen LogP) is 2.59. The van der Waals surface area contributed by atoms with Crippen LogP contribution >= 0.6 is 0 Å². The van der Waals surface area contributed by atoms with E-state index in [-0.39, 0.29) is 0 Å². The first-order valence-electron chi connectivity index (χ1n) is 6.11. The lowest BCUT2D eigenvalue weighted by molar-refractivity contribution is -0.142. The van der Waals surface area contributed by atoms with Gasteiger partial charge in [-0.25, -0.2) is 0 Å². The number of nitrogens with one attached hydrogen (secondary N) is 1. The number of anilines is 1. The van der Waals surface area contributed by atoms with E-state index in [1.807, 2.05) is 26.0 Å². The summed E-state index contributed by atoms with van der Waals surface area (Å²) in [5.41, 5.74) is 2.53. The molecular formula is C14H19NO3. The Morgan fingerprint density at radius 3 is 2.33 bits per heavy atom. The third kappa shape index (κ3) is 2.28. The number of rotatable bonds is 5. The van der Waals surface area contributed by atoms with Gasteiger partial charge >= 0.3 is 5.97 Å². The molecule has 0 spiro atoms. The minimum atomic E-state index is -0.697. The monoisotopic (exact) mass is 249 g/mol. The molecule has 0 aromatic heterocycles. The van der Waals surface area contributed by atoms with Gasteiger partial charge < -0.3 is 15.2 Å². The van der Waals surface area contributed by atoms with Crippen LogP contribution in [0.25, 0.3) is 0 Å². The first-order chi connectivity index (χ1) is 8.48. The fraction of sp³-hybridized carbons (Fsp3) is 0.500. The van der Waals surface area contributed by atoms with Crippen molar-refractivity contribution in [2.24, 2.45) is 5.41 Å². The van der Waals surface area contributed by atoms with Gasteiger partial charge in [0.05, 0.1) is 12.5 Å². The number of carboxylic acid groups (broad SMARTS) is 1. The Morgan fingerprint density at radius 1 is 1.39 bits per heavy atom. The molecule has 1 aliphatic rings. The third-order valence-corrected chi connectivity index (χ3v) is 3.60. The van der Waals surface area contributed by atoms with Gasteiger partial charge in [-0.1, -0.05) is 0 Å². The minimum Gasteiger partial charge on any atom is -0.496 e. The number of aliphatic carboxylic acids is 1. The van der Waals surface area contributed by atoms with Crippen molar-refractivity contribution in [1.29, 1.82) is 0 Å². The molecule has 0 radical (unpaired) electrons. The number of carbonyl (C=O) groups is 1. The van der Waals surface area contributed by atoms with Crippen molar-refractivity contribution >= 4 is 11.7 Å². The summed E-state index contributed by atoms with van der Waals surface area (Å²) in [5, 5.41) is 12.3. The molecule has 4 nitrogen and oxygen atoms in total. The molecule has 1 aliphatic carbocycles. The van der Waals surface area contributed by atoms with E-state index in [9.17, 15) is 4.79 Å². The summed E-state index contributed by atoms with van der Waals surface area (Å²) in [7, 11) is 1.66. The highest BCUT2D eigenvalue weighted by Gasteiger charge is 2.49. The van der Waals surface area contributed by atoms with Crippen molar-refractivity contribution in [2.45, 2.75) is 26.7 Å². The summed E-state index contributed by atoms with van der Waals surface area (Å²) in [6.07, 6.45) is 1.53.